The molecule has 0 aromatic heterocycles. The minimum atomic E-state index is -3.55. The molecule has 5 heteroatoms. The van der Waals surface area contributed by atoms with Crippen molar-refractivity contribution < 1.29 is 8.42 Å². The molecular formula is C25H28N2O2S. The number of hydrogen-bond donors (Lipinski definition) is 1. The van der Waals surface area contributed by atoms with Crippen LogP contribution in [-0.2, 0) is 23.0 Å². The second kappa shape index (κ2) is 9.56. The number of rotatable bonds is 8. The first-order chi connectivity index (χ1) is 14.6. The van der Waals surface area contributed by atoms with Crippen LogP contribution in [0.15, 0.2) is 83.8 Å². The lowest BCUT2D eigenvalue weighted by Gasteiger charge is -2.28. The van der Waals surface area contributed by atoms with E-state index in [1.165, 1.54) is 11.1 Å². The Kier molecular flexibility index (Phi) is 6.62. The molecule has 0 aliphatic carbocycles. The Hall–Kier alpha value is -2.47. The van der Waals surface area contributed by atoms with Crippen molar-refractivity contribution in [1.29, 1.82) is 0 Å². The molecular weight excluding hydrogens is 392 g/mol. The third-order valence-corrected chi connectivity index (χ3v) is 7.18. The van der Waals surface area contributed by atoms with Crippen molar-refractivity contribution in [2.45, 2.75) is 30.7 Å². The van der Waals surface area contributed by atoms with Gasteiger partial charge in [-0.3, -0.25) is 4.90 Å². The molecule has 3 aromatic rings. The van der Waals surface area contributed by atoms with Gasteiger partial charge in [0.2, 0.25) is 10.0 Å². The Morgan fingerprint density at radius 3 is 2.33 bits per heavy atom. The third-order valence-electron chi connectivity index (χ3n) is 5.66. The van der Waals surface area contributed by atoms with E-state index < -0.39 is 10.0 Å². The van der Waals surface area contributed by atoms with Crippen molar-refractivity contribution in [1.82, 2.24) is 9.62 Å². The van der Waals surface area contributed by atoms with Gasteiger partial charge in [0.1, 0.15) is 0 Å². The molecule has 0 unspecified atom stereocenters. The molecule has 156 valence electrons. The lowest BCUT2D eigenvalue weighted by atomic mass is 10.00. The minimum Gasteiger partial charge on any atom is -0.299 e. The highest BCUT2D eigenvalue weighted by Gasteiger charge is 2.19. The summed E-state index contributed by atoms with van der Waals surface area (Å²) in [4.78, 5) is 2.80. The Bertz CT molecular complexity index is 1080. The zero-order valence-corrected chi connectivity index (χ0v) is 17.9. The van der Waals surface area contributed by atoms with Gasteiger partial charge in [-0.15, -0.1) is 0 Å². The van der Waals surface area contributed by atoms with Crippen LogP contribution in [0.4, 0.5) is 0 Å². The Labute approximate surface area is 179 Å². The first-order valence-electron chi connectivity index (χ1n) is 10.6. The van der Waals surface area contributed by atoms with Gasteiger partial charge in [-0.2, -0.15) is 0 Å². The van der Waals surface area contributed by atoms with Crippen LogP contribution in [0.5, 0.6) is 0 Å². The van der Waals surface area contributed by atoms with E-state index in [9.17, 15) is 8.42 Å². The van der Waals surface area contributed by atoms with Crippen LogP contribution in [0.3, 0.4) is 0 Å². The molecule has 1 aliphatic heterocycles. The predicted molar refractivity (Wildman–Crippen MR) is 122 cm³/mol. The van der Waals surface area contributed by atoms with Gasteiger partial charge in [-0.1, -0.05) is 72.8 Å². The van der Waals surface area contributed by atoms with Crippen molar-refractivity contribution in [3.8, 4) is 11.1 Å². The summed E-state index contributed by atoms with van der Waals surface area (Å²) >= 11 is 0. The number of unbranched alkanes of at least 4 members (excludes halogenated alkanes) is 1. The van der Waals surface area contributed by atoms with E-state index in [1.807, 2.05) is 42.5 Å². The average Bonchev–Trinajstić information content (AvgIpc) is 2.79. The quantitative estimate of drug-likeness (QED) is 0.547. The van der Waals surface area contributed by atoms with Crippen molar-refractivity contribution >= 4 is 10.0 Å². The zero-order valence-electron chi connectivity index (χ0n) is 17.1. The summed E-state index contributed by atoms with van der Waals surface area (Å²) in [5.41, 5.74) is 4.52. The largest absolute Gasteiger partial charge is 0.299 e. The fraction of sp³-hybridized carbons (Fsp3) is 0.280. The number of nitrogens with zero attached hydrogens (tertiary/aromatic N) is 1. The number of benzene rings is 3. The lowest BCUT2D eigenvalue weighted by molar-refractivity contribution is 0.249. The smallest absolute Gasteiger partial charge is 0.241 e. The summed E-state index contributed by atoms with van der Waals surface area (Å²) < 4.78 is 28.6. The van der Waals surface area contributed by atoms with E-state index in [1.54, 1.807) is 12.1 Å². The van der Waals surface area contributed by atoms with Gasteiger partial charge < -0.3 is 0 Å². The summed E-state index contributed by atoms with van der Waals surface area (Å²) in [7, 11) is -3.55. The highest BCUT2D eigenvalue weighted by atomic mass is 32.2. The minimum absolute atomic E-state index is 0.337. The van der Waals surface area contributed by atoms with Crippen molar-refractivity contribution in [2.24, 2.45) is 0 Å². The summed E-state index contributed by atoms with van der Waals surface area (Å²) in [5, 5.41) is 0. The first kappa shape index (κ1) is 20.8. The predicted octanol–water partition coefficient (Wildman–Crippen LogP) is 4.47. The van der Waals surface area contributed by atoms with Crippen LogP contribution < -0.4 is 4.72 Å². The van der Waals surface area contributed by atoms with Gasteiger partial charge in [0.05, 0.1) is 4.90 Å². The first-order valence-corrected chi connectivity index (χ1v) is 12.0. The van der Waals surface area contributed by atoms with E-state index in [4.69, 9.17) is 0 Å². The van der Waals surface area contributed by atoms with E-state index in [0.29, 0.717) is 11.4 Å². The molecule has 1 aliphatic rings. The number of nitrogens with one attached hydrogen (secondary N) is 1. The average molecular weight is 421 g/mol. The zero-order chi connectivity index (χ0) is 20.8. The molecule has 0 atom stereocenters. The third kappa shape index (κ3) is 4.98. The topological polar surface area (TPSA) is 49.4 Å². The fourth-order valence-electron chi connectivity index (χ4n) is 4.05. The molecule has 0 radical (unpaired) electrons. The lowest BCUT2D eigenvalue weighted by Crippen LogP contribution is -2.32. The van der Waals surface area contributed by atoms with Crippen LogP contribution >= 0.6 is 0 Å². The molecule has 1 N–H and O–H groups in total. The molecule has 0 spiro atoms. The maximum atomic E-state index is 12.9. The van der Waals surface area contributed by atoms with E-state index >= 15 is 0 Å². The van der Waals surface area contributed by atoms with Gasteiger partial charge >= 0.3 is 0 Å². The maximum absolute atomic E-state index is 12.9. The number of hydrogen-bond acceptors (Lipinski definition) is 3. The summed E-state index contributed by atoms with van der Waals surface area (Å²) in [5.74, 6) is 0. The van der Waals surface area contributed by atoms with Crippen LogP contribution in [0.2, 0.25) is 0 Å². The van der Waals surface area contributed by atoms with Crippen molar-refractivity contribution in [3.63, 3.8) is 0 Å². The molecule has 0 bridgehead atoms. The second-order valence-electron chi connectivity index (χ2n) is 7.76. The number of fused-ring (bicyclic) bond motifs is 1. The van der Waals surface area contributed by atoms with E-state index in [-0.39, 0.29) is 0 Å². The van der Waals surface area contributed by atoms with Crippen molar-refractivity contribution in [3.05, 3.63) is 90.0 Å². The van der Waals surface area contributed by atoms with Crippen LogP contribution in [0, 0.1) is 0 Å². The molecule has 0 saturated carbocycles. The molecule has 4 nitrogen and oxygen atoms in total. The Morgan fingerprint density at radius 1 is 0.800 bits per heavy atom. The van der Waals surface area contributed by atoms with Crippen LogP contribution in [0.25, 0.3) is 11.1 Å². The second-order valence-corrected chi connectivity index (χ2v) is 9.50. The maximum Gasteiger partial charge on any atom is 0.241 e. The van der Waals surface area contributed by atoms with E-state index in [0.717, 1.165) is 50.0 Å². The summed E-state index contributed by atoms with van der Waals surface area (Å²) in [6, 6.07) is 25.5. The molecule has 30 heavy (non-hydrogen) atoms. The number of sulfonamides is 1. The molecule has 0 fully saturated rings. The molecule has 1 heterocycles. The standard InChI is InChI=1S/C25H28N2O2S/c28-30(29,25-15-7-6-14-24(25)22-11-2-1-3-12-22)26-17-8-9-18-27-19-16-21-10-4-5-13-23(21)20-27/h1-7,10-15,26H,8-9,16-20H2. The van der Waals surface area contributed by atoms with Gasteiger partial charge in [-0.05, 0) is 48.6 Å². The molecule has 3 aromatic carbocycles. The highest BCUT2D eigenvalue weighted by molar-refractivity contribution is 7.89. The molecule has 4 rings (SSSR count). The SMILES string of the molecule is O=S(=O)(NCCCCN1CCc2ccccc2C1)c1ccccc1-c1ccccc1. The van der Waals surface area contributed by atoms with Gasteiger partial charge in [0, 0.05) is 25.2 Å². The monoisotopic (exact) mass is 420 g/mol. The molecule has 0 amide bonds. The van der Waals surface area contributed by atoms with E-state index in [2.05, 4.69) is 33.9 Å². The highest BCUT2D eigenvalue weighted by Crippen LogP contribution is 2.26. The van der Waals surface area contributed by atoms with Gasteiger partial charge in [0.25, 0.3) is 0 Å². The Morgan fingerprint density at radius 2 is 1.50 bits per heavy atom. The fourth-order valence-corrected chi connectivity index (χ4v) is 5.35. The normalized spacial score (nSPS) is 14.4. The molecule has 0 saturated heterocycles. The van der Waals surface area contributed by atoms with Crippen LogP contribution in [0.1, 0.15) is 24.0 Å². The van der Waals surface area contributed by atoms with Gasteiger partial charge in [-0.25, -0.2) is 13.1 Å². The Balaban J connectivity index is 1.30. The summed E-state index contributed by atoms with van der Waals surface area (Å²) in [6.45, 7) is 3.52. The van der Waals surface area contributed by atoms with Crippen LogP contribution in [-0.4, -0.2) is 33.0 Å². The van der Waals surface area contributed by atoms with Gasteiger partial charge in [0.15, 0.2) is 0 Å². The summed E-state index contributed by atoms with van der Waals surface area (Å²) in [6.07, 6.45) is 2.90. The van der Waals surface area contributed by atoms with Crippen molar-refractivity contribution in [2.75, 3.05) is 19.6 Å².